The van der Waals surface area contributed by atoms with Crippen molar-refractivity contribution in [3.63, 3.8) is 0 Å². The van der Waals surface area contributed by atoms with Crippen LogP contribution in [0.1, 0.15) is 38.8 Å². The molecule has 37 heavy (non-hydrogen) atoms. The third-order valence-electron chi connectivity index (χ3n) is 6.56. The van der Waals surface area contributed by atoms with Crippen molar-refractivity contribution < 1.29 is 28.6 Å². The number of carbonyl (C=O) groups is 3. The molecule has 1 aromatic carbocycles. The zero-order valence-electron chi connectivity index (χ0n) is 22.5. The van der Waals surface area contributed by atoms with Crippen LogP contribution in [0.2, 0.25) is 0 Å². The van der Waals surface area contributed by atoms with Gasteiger partial charge in [0.2, 0.25) is 0 Å². The molecule has 11 heteroatoms. The zero-order valence-corrected chi connectivity index (χ0v) is 22.5. The fourth-order valence-corrected chi connectivity index (χ4v) is 4.62. The molecule has 0 aliphatic carbocycles. The molecule has 204 valence electrons. The molecule has 0 bridgehead atoms. The fraction of sp³-hybridized carbons (Fsp3) is 0.577. The number of benzene rings is 1. The van der Waals surface area contributed by atoms with Crippen molar-refractivity contribution in [2.45, 2.75) is 33.2 Å². The van der Waals surface area contributed by atoms with Gasteiger partial charge in [0.05, 0.1) is 32.4 Å². The summed E-state index contributed by atoms with van der Waals surface area (Å²) in [6.45, 7) is 9.57. The summed E-state index contributed by atoms with van der Waals surface area (Å²) >= 11 is 0. The third kappa shape index (κ3) is 6.46. The number of esters is 1. The van der Waals surface area contributed by atoms with E-state index in [0.717, 1.165) is 6.42 Å². The summed E-state index contributed by atoms with van der Waals surface area (Å²) in [4.78, 5) is 44.5. The number of methoxy groups -OCH3 is 2. The molecule has 11 nitrogen and oxygen atoms in total. The number of rotatable bonds is 10. The monoisotopic (exact) mass is 517 g/mol. The minimum atomic E-state index is -0.782. The SMILES string of the molecule is CCCNC(=O)N1CCN(CC2=C(C(=O)OCC)C(c3cc(OC)ccc3OC)NC(=O)N2CC)CC1. The lowest BCUT2D eigenvalue weighted by Gasteiger charge is -2.40. The summed E-state index contributed by atoms with van der Waals surface area (Å²) in [7, 11) is 3.10. The van der Waals surface area contributed by atoms with Crippen LogP contribution in [-0.4, -0.2) is 99.4 Å². The Kier molecular flexibility index (Phi) is 10.0. The zero-order chi connectivity index (χ0) is 26.9. The van der Waals surface area contributed by atoms with E-state index in [2.05, 4.69) is 15.5 Å². The summed E-state index contributed by atoms with van der Waals surface area (Å²) in [6.07, 6.45) is 0.880. The molecule has 2 aliphatic rings. The Hall–Kier alpha value is -3.47. The first-order valence-electron chi connectivity index (χ1n) is 12.8. The van der Waals surface area contributed by atoms with E-state index < -0.39 is 12.0 Å². The van der Waals surface area contributed by atoms with E-state index in [0.29, 0.717) is 74.1 Å². The molecule has 2 heterocycles. The smallest absolute Gasteiger partial charge is 0.338 e. The van der Waals surface area contributed by atoms with Crippen molar-refractivity contribution in [3.8, 4) is 11.5 Å². The van der Waals surface area contributed by atoms with Gasteiger partial charge in [-0.25, -0.2) is 14.4 Å². The number of likely N-dealkylation sites (N-methyl/N-ethyl adjacent to an activating group) is 1. The van der Waals surface area contributed by atoms with E-state index >= 15 is 0 Å². The van der Waals surface area contributed by atoms with Gasteiger partial charge in [-0.2, -0.15) is 0 Å². The van der Waals surface area contributed by atoms with Crippen LogP contribution in [0.25, 0.3) is 0 Å². The van der Waals surface area contributed by atoms with Gasteiger partial charge < -0.3 is 29.7 Å². The van der Waals surface area contributed by atoms with Crippen LogP contribution in [0.4, 0.5) is 9.59 Å². The summed E-state index contributed by atoms with van der Waals surface area (Å²) in [5.41, 5.74) is 1.55. The van der Waals surface area contributed by atoms with Crippen molar-refractivity contribution in [2.75, 3.05) is 66.6 Å². The maximum Gasteiger partial charge on any atom is 0.338 e. The standard InChI is InChI=1S/C26H39N5O6/c1-6-11-27-25(33)30-14-12-29(13-15-30)17-20-22(24(32)37-8-3)23(28-26(34)31(20)7-2)19-16-18(35-4)9-10-21(19)36-5/h9-10,16,23H,6-8,11-15,17H2,1-5H3,(H,27,33)(H,28,34). The Labute approximate surface area is 218 Å². The molecule has 1 unspecified atom stereocenters. The lowest BCUT2D eigenvalue weighted by atomic mass is 9.93. The lowest BCUT2D eigenvalue weighted by Crippen LogP contribution is -2.55. The van der Waals surface area contributed by atoms with Crippen LogP contribution in [0, 0.1) is 0 Å². The van der Waals surface area contributed by atoms with Crippen molar-refractivity contribution in [1.82, 2.24) is 25.3 Å². The molecule has 0 spiro atoms. The Morgan fingerprint density at radius 3 is 2.41 bits per heavy atom. The molecule has 1 saturated heterocycles. The van der Waals surface area contributed by atoms with Crippen LogP contribution in [0.5, 0.6) is 11.5 Å². The van der Waals surface area contributed by atoms with Gasteiger partial charge >= 0.3 is 18.0 Å². The van der Waals surface area contributed by atoms with E-state index in [1.807, 2.05) is 13.8 Å². The van der Waals surface area contributed by atoms with Crippen molar-refractivity contribution in [1.29, 1.82) is 0 Å². The first kappa shape index (κ1) is 28.1. The highest BCUT2D eigenvalue weighted by atomic mass is 16.5. The molecule has 1 fully saturated rings. The van der Waals surface area contributed by atoms with Gasteiger partial charge in [0.15, 0.2) is 0 Å². The van der Waals surface area contributed by atoms with Gasteiger partial charge in [-0.3, -0.25) is 9.80 Å². The van der Waals surface area contributed by atoms with Gasteiger partial charge in [-0.1, -0.05) is 6.92 Å². The average molecular weight is 518 g/mol. The van der Waals surface area contributed by atoms with Crippen molar-refractivity contribution in [2.24, 2.45) is 0 Å². The van der Waals surface area contributed by atoms with Gasteiger partial charge in [-0.15, -0.1) is 0 Å². The lowest BCUT2D eigenvalue weighted by molar-refractivity contribution is -0.139. The Balaban J connectivity index is 1.98. The molecule has 2 aliphatic heterocycles. The molecular weight excluding hydrogens is 478 g/mol. The predicted molar refractivity (Wildman–Crippen MR) is 139 cm³/mol. The number of urea groups is 2. The number of ether oxygens (including phenoxy) is 3. The molecule has 1 atom stereocenters. The van der Waals surface area contributed by atoms with E-state index in [1.165, 1.54) is 0 Å². The first-order valence-corrected chi connectivity index (χ1v) is 12.8. The number of piperazine rings is 1. The van der Waals surface area contributed by atoms with Gasteiger partial charge in [0.25, 0.3) is 0 Å². The van der Waals surface area contributed by atoms with Crippen LogP contribution < -0.4 is 20.1 Å². The van der Waals surface area contributed by atoms with Crippen LogP contribution >= 0.6 is 0 Å². The van der Waals surface area contributed by atoms with E-state index in [1.54, 1.807) is 49.1 Å². The molecule has 3 rings (SSSR count). The van der Waals surface area contributed by atoms with Crippen molar-refractivity contribution in [3.05, 3.63) is 35.0 Å². The minimum absolute atomic E-state index is 0.0645. The number of amides is 4. The van der Waals surface area contributed by atoms with E-state index in [-0.39, 0.29) is 18.7 Å². The molecule has 4 amide bonds. The summed E-state index contributed by atoms with van der Waals surface area (Å²) in [5, 5.41) is 5.89. The normalized spacial score (nSPS) is 18.4. The Bertz CT molecular complexity index is 1010. The molecule has 0 radical (unpaired) electrons. The van der Waals surface area contributed by atoms with E-state index in [9.17, 15) is 14.4 Å². The highest BCUT2D eigenvalue weighted by Crippen LogP contribution is 2.38. The second kappa shape index (κ2) is 13.2. The first-order chi connectivity index (χ1) is 17.9. The Morgan fingerprint density at radius 1 is 1.08 bits per heavy atom. The highest BCUT2D eigenvalue weighted by molar-refractivity contribution is 5.95. The molecular formula is C26H39N5O6. The predicted octanol–water partition coefficient (Wildman–Crippen LogP) is 2.34. The van der Waals surface area contributed by atoms with Crippen LogP contribution in [0.15, 0.2) is 29.5 Å². The second-order valence-electron chi connectivity index (χ2n) is 8.81. The number of nitrogens with zero attached hydrogens (tertiary/aromatic N) is 3. The number of nitrogens with one attached hydrogen (secondary N) is 2. The second-order valence-corrected chi connectivity index (χ2v) is 8.81. The minimum Gasteiger partial charge on any atom is -0.497 e. The quantitative estimate of drug-likeness (QED) is 0.458. The number of carbonyl (C=O) groups excluding carboxylic acids is 3. The molecule has 0 aromatic heterocycles. The molecule has 2 N–H and O–H groups in total. The third-order valence-corrected chi connectivity index (χ3v) is 6.56. The van der Waals surface area contributed by atoms with E-state index in [4.69, 9.17) is 14.2 Å². The molecule has 0 saturated carbocycles. The number of hydrogen-bond acceptors (Lipinski definition) is 7. The maximum absolute atomic E-state index is 13.4. The van der Waals surface area contributed by atoms with Crippen LogP contribution in [-0.2, 0) is 9.53 Å². The van der Waals surface area contributed by atoms with Gasteiger partial charge in [-0.05, 0) is 38.5 Å². The summed E-state index contributed by atoms with van der Waals surface area (Å²) in [5.74, 6) is 0.595. The average Bonchev–Trinajstić information content (AvgIpc) is 2.91. The summed E-state index contributed by atoms with van der Waals surface area (Å²) in [6, 6.07) is 4.11. The van der Waals surface area contributed by atoms with Crippen molar-refractivity contribution >= 4 is 18.0 Å². The maximum atomic E-state index is 13.4. The largest absolute Gasteiger partial charge is 0.497 e. The highest BCUT2D eigenvalue weighted by Gasteiger charge is 2.40. The summed E-state index contributed by atoms with van der Waals surface area (Å²) < 4.78 is 16.4. The van der Waals surface area contributed by atoms with Gasteiger partial charge in [0.1, 0.15) is 11.5 Å². The Morgan fingerprint density at radius 2 is 1.81 bits per heavy atom. The van der Waals surface area contributed by atoms with Crippen LogP contribution in [0.3, 0.4) is 0 Å². The molecule has 1 aromatic rings. The van der Waals surface area contributed by atoms with Gasteiger partial charge in [0, 0.05) is 57.1 Å². The topological polar surface area (TPSA) is 113 Å². The number of hydrogen-bond donors (Lipinski definition) is 2. The fourth-order valence-electron chi connectivity index (χ4n) is 4.62.